The minimum atomic E-state index is -0.968. The minimum absolute atomic E-state index is 0.402. The highest BCUT2D eigenvalue weighted by molar-refractivity contribution is 5.67. The second kappa shape index (κ2) is 6.61. The summed E-state index contributed by atoms with van der Waals surface area (Å²) in [6.45, 7) is 3.57. The van der Waals surface area contributed by atoms with Gasteiger partial charge in [-0.15, -0.1) is 0 Å². The van der Waals surface area contributed by atoms with Crippen LogP contribution in [0.2, 0.25) is 0 Å². The average molecular weight is 218 g/mol. The minimum Gasteiger partial charge on any atom is -0.450 e. The molecule has 2 atom stereocenters. The molecular formula is C10H19FN2O2. The van der Waals surface area contributed by atoms with Gasteiger partial charge in [0.2, 0.25) is 0 Å². The molecule has 1 fully saturated rings. The third-order valence-electron chi connectivity index (χ3n) is 2.43. The Balaban J connectivity index is 2.18. The van der Waals surface area contributed by atoms with E-state index in [0.29, 0.717) is 26.1 Å². The number of carbonyl (C=O) groups is 1. The summed E-state index contributed by atoms with van der Waals surface area (Å²) in [4.78, 5) is 11.2. The number of piperidine rings is 1. The highest BCUT2D eigenvalue weighted by Gasteiger charge is 2.26. The van der Waals surface area contributed by atoms with Crippen molar-refractivity contribution in [1.82, 2.24) is 10.6 Å². The average Bonchev–Trinajstić information content (AvgIpc) is 2.22. The summed E-state index contributed by atoms with van der Waals surface area (Å²) in [5, 5.41) is 5.56. The summed E-state index contributed by atoms with van der Waals surface area (Å²) < 4.78 is 18.2. The van der Waals surface area contributed by atoms with E-state index in [4.69, 9.17) is 4.74 Å². The van der Waals surface area contributed by atoms with Crippen LogP contribution in [0.25, 0.3) is 0 Å². The van der Waals surface area contributed by atoms with Crippen LogP contribution >= 0.6 is 0 Å². The maximum Gasteiger partial charge on any atom is 0.407 e. The smallest absolute Gasteiger partial charge is 0.407 e. The molecule has 1 rings (SSSR count). The summed E-state index contributed by atoms with van der Waals surface area (Å²) >= 11 is 0. The first-order valence-corrected chi connectivity index (χ1v) is 5.52. The van der Waals surface area contributed by atoms with Crippen molar-refractivity contribution in [3.05, 3.63) is 0 Å². The van der Waals surface area contributed by atoms with Crippen molar-refractivity contribution < 1.29 is 13.9 Å². The Kier molecular flexibility index (Phi) is 5.39. The van der Waals surface area contributed by atoms with Gasteiger partial charge in [-0.3, -0.25) is 0 Å². The van der Waals surface area contributed by atoms with Crippen molar-refractivity contribution in [3.63, 3.8) is 0 Å². The van der Waals surface area contributed by atoms with Gasteiger partial charge in [0.15, 0.2) is 0 Å². The first kappa shape index (κ1) is 12.2. The summed E-state index contributed by atoms with van der Waals surface area (Å²) in [5.74, 6) is 0. The van der Waals surface area contributed by atoms with Gasteiger partial charge in [0.05, 0.1) is 12.6 Å². The number of hydrogen-bond donors (Lipinski definition) is 2. The second-order valence-electron chi connectivity index (χ2n) is 3.75. The van der Waals surface area contributed by atoms with E-state index in [0.717, 1.165) is 12.8 Å². The fourth-order valence-electron chi connectivity index (χ4n) is 1.47. The normalized spacial score (nSPS) is 26.0. The fourth-order valence-corrected chi connectivity index (χ4v) is 1.47. The molecule has 5 heteroatoms. The van der Waals surface area contributed by atoms with Crippen LogP contribution in [0, 0.1) is 0 Å². The number of nitrogens with one attached hydrogen (secondary N) is 2. The van der Waals surface area contributed by atoms with Crippen LogP contribution in [0.15, 0.2) is 0 Å². The van der Waals surface area contributed by atoms with Gasteiger partial charge in [0, 0.05) is 6.54 Å². The van der Waals surface area contributed by atoms with Gasteiger partial charge >= 0.3 is 6.09 Å². The number of hydrogen-bond acceptors (Lipinski definition) is 3. The number of amides is 1. The van der Waals surface area contributed by atoms with Gasteiger partial charge in [0.1, 0.15) is 6.17 Å². The summed E-state index contributed by atoms with van der Waals surface area (Å²) in [5.41, 5.74) is 0. The Morgan fingerprint density at radius 3 is 3.13 bits per heavy atom. The molecule has 1 amide bonds. The molecular weight excluding hydrogens is 199 g/mol. The molecule has 2 unspecified atom stereocenters. The molecule has 15 heavy (non-hydrogen) atoms. The van der Waals surface area contributed by atoms with Crippen LogP contribution in [-0.2, 0) is 4.74 Å². The van der Waals surface area contributed by atoms with E-state index in [1.165, 1.54) is 0 Å². The van der Waals surface area contributed by atoms with Crippen molar-refractivity contribution in [2.45, 2.75) is 38.4 Å². The lowest BCUT2D eigenvalue weighted by Crippen LogP contribution is -2.52. The third kappa shape index (κ3) is 4.46. The lowest BCUT2D eigenvalue weighted by Gasteiger charge is -2.27. The Bertz CT molecular complexity index is 202. The van der Waals surface area contributed by atoms with E-state index in [9.17, 15) is 9.18 Å². The molecule has 1 aliphatic heterocycles. The first-order valence-electron chi connectivity index (χ1n) is 5.52. The van der Waals surface area contributed by atoms with Gasteiger partial charge in [0.25, 0.3) is 0 Å². The number of alkyl carbamates (subject to hydrolysis) is 1. The SMILES string of the molecule is CCCCOC(=O)NC1CNCCC1F. The van der Waals surface area contributed by atoms with E-state index in [2.05, 4.69) is 10.6 Å². The van der Waals surface area contributed by atoms with Gasteiger partial charge < -0.3 is 15.4 Å². The van der Waals surface area contributed by atoms with E-state index in [1.54, 1.807) is 0 Å². The zero-order valence-electron chi connectivity index (χ0n) is 9.09. The molecule has 0 radical (unpaired) electrons. The molecule has 0 saturated carbocycles. The quantitative estimate of drug-likeness (QED) is 0.697. The molecule has 1 saturated heterocycles. The van der Waals surface area contributed by atoms with E-state index in [1.807, 2.05) is 6.92 Å². The molecule has 1 heterocycles. The Hall–Kier alpha value is -0.840. The number of unbranched alkanes of at least 4 members (excludes halogenated alkanes) is 1. The fraction of sp³-hybridized carbons (Fsp3) is 0.900. The van der Waals surface area contributed by atoms with Crippen LogP contribution < -0.4 is 10.6 Å². The topological polar surface area (TPSA) is 50.4 Å². The highest BCUT2D eigenvalue weighted by atomic mass is 19.1. The van der Waals surface area contributed by atoms with E-state index in [-0.39, 0.29) is 0 Å². The Morgan fingerprint density at radius 1 is 1.67 bits per heavy atom. The maximum absolute atomic E-state index is 13.3. The van der Waals surface area contributed by atoms with E-state index >= 15 is 0 Å². The second-order valence-corrected chi connectivity index (χ2v) is 3.75. The van der Waals surface area contributed by atoms with Gasteiger partial charge in [-0.1, -0.05) is 13.3 Å². The Labute approximate surface area is 89.6 Å². The summed E-state index contributed by atoms with van der Waals surface area (Å²) in [7, 11) is 0. The zero-order valence-corrected chi connectivity index (χ0v) is 9.09. The van der Waals surface area contributed by atoms with Gasteiger partial charge in [-0.05, 0) is 19.4 Å². The van der Waals surface area contributed by atoms with Crippen LogP contribution in [-0.4, -0.2) is 38.0 Å². The summed E-state index contributed by atoms with van der Waals surface area (Å²) in [6, 6.07) is -0.451. The number of rotatable bonds is 4. The maximum atomic E-state index is 13.3. The molecule has 0 aromatic carbocycles. The van der Waals surface area contributed by atoms with E-state index < -0.39 is 18.3 Å². The van der Waals surface area contributed by atoms with Gasteiger partial charge in [-0.2, -0.15) is 0 Å². The van der Waals surface area contributed by atoms with Crippen molar-refractivity contribution in [1.29, 1.82) is 0 Å². The van der Waals surface area contributed by atoms with Crippen LogP contribution in [0.3, 0.4) is 0 Å². The monoisotopic (exact) mass is 218 g/mol. The highest BCUT2D eigenvalue weighted by Crippen LogP contribution is 2.07. The van der Waals surface area contributed by atoms with Crippen molar-refractivity contribution in [3.8, 4) is 0 Å². The van der Waals surface area contributed by atoms with Crippen LogP contribution in [0.5, 0.6) is 0 Å². The lowest BCUT2D eigenvalue weighted by atomic mass is 10.1. The van der Waals surface area contributed by atoms with Gasteiger partial charge in [-0.25, -0.2) is 9.18 Å². The summed E-state index contributed by atoms with van der Waals surface area (Å²) in [6.07, 6.45) is 0.782. The third-order valence-corrected chi connectivity index (χ3v) is 2.43. The predicted octanol–water partition coefficient (Wildman–Crippen LogP) is 1.21. The molecule has 0 aromatic heterocycles. The molecule has 88 valence electrons. The molecule has 0 aromatic rings. The number of alkyl halides is 1. The molecule has 1 aliphatic rings. The first-order chi connectivity index (χ1) is 7.24. The molecule has 2 N–H and O–H groups in total. The van der Waals surface area contributed by atoms with Crippen molar-refractivity contribution in [2.24, 2.45) is 0 Å². The number of carbonyl (C=O) groups excluding carboxylic acids is 1. The largest absolute Gasteiger partial charge is 0.450 e. The van der Waals surface area contributed by atoms with Crippen LogP contribution in [0.1, 0.15) is 26.2 Å². The van der Waals surface area contributed by atoms with Crippen molar-refractivity contribution >= 4 is 6.09 Å². The predicted molar refractivity (Wildman–Crippen MR) is 55.6 cm³/mol. The molecule has 4 nitrogen and oxygen atoms in total. The number of ether oxygens (including phenoxy) is 1. The Morgan fingerprint density at radius 2 is 2.47 bits per heavy atom. The zero-order chi connectivity index (χ0) is 11.1. The number of halogens is 1. The van der Waals surface area contributed by atoms with Crippen LogP contribution in [0.4, 0.5) is 9.18 Å². The standard InChI is InChI=1S/C10H19FN2O2/c1-2-3-6-15-10(14)13-9-7-12-5-4-8(9)11/h8-9,12H,2-7H2,1H3,(H,13,14). The lowest BCUT2D eigenvalue weighted by molar-refractivity contribution is 0.126. The molecule has 0 spiro atoms. The molecule has 0 bridgehead atoms. The molecule has 0 aliphatic carbocycles. The van der Waals surface area contributed by atoms with Crippen molar-refractivity contribution in [2.75, 3.05) is 19.7 Å².